The van der Waals surface area contributed by atoms with Crippen molar-refractivity contribution in [2.24, 2.45) is 5.73 Å². The maximum Gasteiger partial charge on any atom is 0.259 e. The Labute approximate surface area is 104 Å². The molecule has 5 nitrogen and oxygen atoms in total. The standard InChI is InChI=1S/C11H13ClN4O/c1-2-7(13)5-10-15-11(17-16-10)8-3-4-14-6-9(8)12/h3-4,6-7H,2,5,13H2,1H3. The van der Waals surface area contributed by atoms with Crippen LogP contribution in [0.3, 0.4) is 0 Å². The van der Waals surface area contributed by atoms with E-state index in [-0.39, 0.29) is 6.04 Å². The molecule has 0 aliphatic rings. The minimum atomic E-state index is 0.0494. The summed E-state index contributed by atoms with van der Waals surface area (Å²) in [7, 11) is 0. The SMILES string of the molecule is CCC(N)Cc1noc(-c2ccncc2Cl)n1. The molecular formula is C11H13ClN4O. The van der Waals surface area contributed by atoms with Gasteiger partial charge in [-0.25, -0.2) is 0 Å². The molecule has 1 atom stereocenters. The van der Waals surface area contributed by atoms with E-state index in [0.29, 0.717) is 28.7 Å². The summed E-state index contributed by atoms with van der Waals surface area (Å²) >= 11 is 5.99. The fourth-order valence-corrected chi connectivity index (χ4v) is 1.57. The van der Waals surface area contributed by atoms with Crippen molar-refractivity contribution in [1.82, 2.24) is 15.1 Å². The summed E-state index contributed by atoms with van der Waals surface area (Å²) < 4.78 is 5.15. The molecule has 0 amide bonds. The molecule has 0 aliphatic carbocycles. The van der Waals surface area contributed by atoms with E-state index < -0.39 is 0 Å². The first-order valence-corrected chi connectivity index (χ1v) is 5.76. The Hall–Kier alpha value is -1.46. The van der Waals surface area contributed by atoms with Gasteiger partial charge in [0.05, 0.1) is 10.6 Å². The van der Waals surface area contributed by atoms with E-state index in [1.165, 1.54) is 0 Å². The fourth-order valence-electron chi connectivity index (χ4n) is 1.37. The molecule has 2 rings (SSSR count). The molecule has 0 aromatic carbocycles. The summed E-state index contributed by atoms with van der Waals surface area (Å²) in [4.78, 5) is 8.16. The molecule has 2 aromatic rings. The van der Waals surface area contributed by atoms with Crippen LogP contribution in [0.2, 0.25) is 5.02 Å². The fraction of sp³-hybridized carbons (Fsp3) is 0.364. The number of hydrogen-bond acceptors (Lipinski definition) is 5. The van der Waals surface area contributed by atoms with E-state index in [2.05, 4.69) is 15.1 Å². The minimum absolute atomic E-state index is 0.0494. The van der Waals surface area contributed by atoms with Gasteiger partial charge in [0.2, 0.25) is 0 Å². The van der Waals surface area contributed by atoms with Crippen molar-refractivity contribution in [2.75, 3.05) is 0 Å². The van der Waals surface area contributed by atoms with Crippen LogP contribution in [-0.2, 0) is 6.42 Å². The van der Waals surface area contributed by atoms with Crippen LogP contribution in [-0.4, -0.2) is 21.2 Å². The van der Waals surface area contributed by atoms with Crippen LogP contribution in [0.25, 0.3) is 11.5 Å². The second-order valence-electron chi connectivity index (χ2n) is 3.74. The lowest BCUT2D eigenvalue weighted by atomic mass is 10.2. The van der Waals surface area contributed by atoms with Gasteiger partial charge in [-0.1, -0.05) is 23.7 Å². The van der Waals surface area contributed by atoms with E-state index >= 15 is 0 Å². The number of pyridine rings is 1. The quantitative estimate of drug-likeness (QED) is 0.901. The first kappa shape index (κ1) is 12.0. The Kier molecular flexibility index (Phi) is 3.71. The van der Waals surface area contributed by atoms with Crippen molar-refractivity contribution >= 4 is 11.6 Å². The van der Waals surface area contributed by atoms with Crippen LogP contribution in [0.5, 0.6) is 0 Å². The molecule has 0 bridgehead atoms. The third-order valence-electron chi connectivity index (χ3n) is 2.44. The lowest BCUT2D eigenvalue weighted by molar-refractivity contribution is 0.419. The highest BCUT2D eigenvalue weighted by Crippen LogP contribution is 2.24. The molecule has 0 saturated carbocycles. The van der Waals surface area contributed by atoms with Gasteiger partial charge in [0.15, 0.2) is 5.82 Å². The van der Waals surface area contributed by atoms with Gasteiger partial charge in [0.1, 0.15) is 0 Å². The summed E-state index contributed by atoms with van der Waals surface area (Å²) in [6.07, 6.45) is 4.64. The third kappa shape index (κ3) is 2.81. The number of nitrogens with two attached hydrogens (primary N) is 1. The molecule has 2 N–H and O–H groups in total. The zero-order valence-corrected chi connectivity index (χ0v) is 10.2. The van der Waals surface area contributed by atoms with Gasteiger partial charge in [-0.05, 0) is 12.5 Å². The summed E-state index contributed by atoms with van der Waals surface area (Å²) in [6, 6.07) is 1.78. The minimum Gasteiger partial charge on any atom is -0.334 e. The van der Waals surface area contributed by atoms with E-state index in [1.54, 1.807) is 18.5 Å². The topological polar surface area (TPSA) is 77.8 Å². The summed E-state index contributed by atoms with van der Waals surface area (Å²) in [5.41, 5.74) is 6.51. The average Bonchev–Trinajstić information content (AvgIpc) is 2.78. The van der Waals surface area contributed by atoms with E-state index in [1.807, 2.05) is 6.92 Å². The van der Waals surface area contributed by atoms with Crippen molar-refractivity contribution in [3.05, 3.63) is 29.3 Å². The normalized spacial score (nSPS) is 12.6. The van der Waals surface area contributed by atoms with Gasteiger partial charge in [-0.3, -0.25) is 4.98 Å². The maximum atomic E-state index is 5.99. The van der Waals surface area contributed by atoms with Crippen molar-refractivity contribution in [2.45, 2.75) is 25.8 Å². The summed E-state index contributed by atoms with van der Waals surface area (Å²) in [6.45, 7) is 2.02. The molecular weight excluding hydrogens is 240 g/mol. The molecule has 1 unspecified atom stereocenters. The maximum absolute atomic E-state index is 5.99. The molecule has 6 heteroatoms. The van der Waals surface area contributed by atoms with Crippen molar-refractivity contribution in [3.63, 3.8) is 0 Å². The predicted molar refractivity (Wildman–Crippen MR) is 64.5 cm³/mol. The molecule has 0 radical (unpaired) electrons. The average molecular weight is 253 g/mol. The Morgan fingerprint density at radius 3 is 3.06 bits per heavy atom. The lowest BCUT2D eigenvalue weighted by Crippen LogP contribution is -2.21. The molecule has 0 fully saturated rings. The zero-order chi connectivity index (χ0) is 12.3. The number of rotatable bonds is 4. The van der Waals surface area contributed by atoms with Crippen LogP contribution in [0, 0.1) is 0 Å². The van der Waals surface area contributed by atoms with Crippen molar-refractivity contribution in [1.29, 1.82) is 0 Å². The van der Waals surface area contributed by atoms with Gasteiger partial charge in [-0.2, -0.15) is 4.98 Å². The Balaban J connectivity index is 2.21. The molecule has 0 spiro atoms. The first-order chi connectivity index (χ1) is 8.20. The van der Waals surface area contributed by atoms with E-state index in [4.69, 9.17) is 21.9 Å². The van der Waals surface area contributed by atoms with Crippen LogP contribution in [0.1, 0.15) is 19.2 Å². The Bertz CT molecular complexity index is 500. The highest BCUT2D eigenvalue weighted by atomic mass is 35.5. The van der Waals surface area contributed by atoms with Crippen molar-refractivity contribution < 1.29 is 4.52 Å². The van der Waals surface area contributed by atoms with Crippen LogP contribution in [0.15, 0.2) is 23.0 Å². The van der Waals surface area contributed by atoms with Crippen LogP contribution < -0.4 is 5.73 Å². The van der Waals surface area contributed by atoms with Crippen LogP contribution in [0.4, 0.5) is 0 Å². The van der Waals surface area contributed by atoms with E-state index in [0.717, 1.165) is 6.42 Å². The highest BCUT2D eigenvalue weighted by molar-refractivity contribution is 6.32. The first-order valence-electron chi connectivity index (χ1n) is 5.38. The van der Waals surface area contributed by atoms with Crippen LogP contribution >= 0.6 is 11.6 Å². The molecule has 90 valence electrons. The zero-order valence-electron chi connectivity index (χ0n) is 9.43. The summed E-state index contributed by atoms with van der Waals surface area (Å²) in [5.74, 6) is 0.998. The summed E-state index contributed by atoms with van der Waals surface area (Å²) in [5, 5.41) is 4.36. The molecule has 2 heterocycles. The van der Waals surface area contributed by atoms with E-state index in [9.17, 15) is 0 Å². The molecule has 0 saturated heterocycles. The van der Waals surface area contributed by atoms with Gasteiger partial charge in [0, 0.05) is 24.9 Å². The second-order valence-corrected chi connectivity index (χ2v) is 4.15. The van der Waals surface area contributed by atoms with Gasteiger partial charge in [0.25, 0.3) is 5.89 Å². The smallest absolute Gasteiger partial charge is 0.259 e. The van der Waals surface area contributed by atoms with Crippen molar-refractivity contribution in [3.8, 4) is 11.5 Å². The number of halogens is 1. The van der Waals surface area contributed by atoms with Gasteiger partial charge >= 0.3 is 0 Å². The van der Waals surface area contributed by atoms with Gasteiger partial charge < -0.3 is 10.3 Å². The van der Waals surface area contributed by atoms with Gasteiger partial charge in [-0.15, -0.1) is 0 Å². The molecule has 0 aliphatic heterocycles. The second kappa shape index (κ2) is 5.25. The Morgan fingerprint density at radius 2 is 2.35 bits per heavy atom. The number of nitrogens with zero attached hydrogens (tertiary/aromatic N) is 3. The largest absolute Gasteiger partial charge is 0.334 e. The number of aromatic nitrogens is 3. The highest BCUT2D eigenvalue weighted by Gasteiger charge is 2.13. The third-order valence-corrected chi connectivity index (χ3v) is 2.74. The molecule has 17 heavy (non-hydrogen) atoms. The lowest BCUT2D eigenvalue weighted by Gasteiger charge is -2.02. The Morgan fingerprint density at radius 1 is 1.53 bits per heavy atom. The predicted octanol–water partition coefficient (Wildman–Crippen LogP) is 2.06. The molecule has 2 aromatic heterocycles. The monoisotopic (exact) mass is 252 g/mol. The number of hydrogen-bond donors (Lipinski definition) is 1.